The van der Waals surface area contributed by atoms with Crippen molar-refractivity contribution in [3.63, 3.8) is 0 Å². The molecule has 3 rings (SSSR count). The van der Waals surface area contributed by atoms with Gasteiger partial charge < -0.3 is 5.32 Å². The first kappa shape index (κ1) is 12.2. The zero-order chi connectivity index (χ0) is 12.6. The van der Waals surface area contributed by atoms with Crippen LogP contribution in [0.1, 0.15) is 29.5 Å². The van der Waals surface area contributed by atoms with Gasteiger partial charge in [-0.1, -0.05) is 23.8 Å². The van der Waals surface area contributed by atoms with Gasteiger partial charge in [0.1, 0.15) is 0 Å². The summed E-state index contributed by atoms with van der Waals surface area (Å²) in [6.07, 6.45) is 2.75. The highest BCUT2D eigenvalue weighted by Crippen LogP contribution is 2.49. The Hall–Kier alpha value is -0.860. The number of nitrogens with zero attached hydrogens (tertiary/aromatic N) is 1. The van der Waals surface area contributed by atoms with Crippen molar-refractivity contribution in [1.82, 2.24) is 10.2 Å². The normalized spacial score (nSPS) is 23.0. The van der Waals surface area contributed by atoms with Crippen LogP contribution >= 0.6 is 0 Å². The fraction of sp³-hybridized carbons (Fsp3) is 0.625. The molecule has 2 heteroatoms. The molecule has 1 aliphatic carbocycles. The summed E-state index contributed by atoms with van der Waals surface area (Å²) < 4.78 is 0. The Labute approximate surface area is 110 Å². The van der Waals surface area contributed by atoms with Crippen LogP contribution in [0.4, 0.5) is 0 Å². The van der Waals surface area contributed by atoms with E-state index >= 15 is 0 Å². The van der Waals surface area contributed by atoms with E-state index in [1.807, 2.05) is 0 Å². The zero-order valence-corrected chi connectivity index (χ0v) is 11.6. The molecule has 1 heterocycles. The van der Waals surface area contributed by atoms with Gasteiger partial charge in [0.05, 0.1) is 0 Å². The molecular formula is C16H24N2. The SMILES string of the molecule is Cc1ccc(C2(CN3CCNCC3)CC2)c(C)c1. The Balaban J connectivity index is 1.77. The lowest BCUT2D eigenvalue weighted by Crippen LogP contribution is -2.46. The van der Waals surface area contributed by atoms with Crippen molar-refractivity contribution in [2.24, 2.45) is 0 Å². The molecule has 0 unspecified atom stereocenters. The van der Waals surface area contributed by atoms with E-state index < -0.39 is 0 Å². The first-order chi connectivity index (χ1) is 8.70. The minimum Gasteiger partial charge on any atom is -0.314 e. The average Bonchev–Trinajstić information content (AvgIpc) is 3.11. The summed E-state index contributed by atoms with van der Waals surface area (Å²) in [5.41, 5.74) is 4.96. The molecule has 0 atom stereocenters. The van der Waals surface area contributed by atoms with Crippen molar-refractivity contribution in [1.29, 1.82) is 0 Å². The van der Waals surface area contributed by atoms with Crippen LogP contribution in [0.25, 0.3) is 0 Å². The van der Waals surface area contributed by atoms with Gasteiger partial charge in [-0.15, -0.1) is 0 Å². The van der Waals surface area contributed by atoms with Crippen molar-refractivity contribution in [3.05, 3.63) is 34.9 Å². The van der Waals surface area contributed by atoms with Crippen LogP contribution in [0.15, 0.2) is 18.2 Å². The maximum absolute atomic E-state index is 3.44. The van der Waals surface area contributed by atoms with Gasteiger partial charge in [-0.05, 0) is 37.8 Å². The maximum Gasteiger partial charge on any atom is 0.0108 e. The van der Waals surface area contributed by atoms with Crippen LogP contribution in [0.2, 0.25) is 0 Å². The first-order valence-corrected chi connectivity index (χ1v) is 7.20. The van der Waals surface area contributed by atoms with Crippen LogP contribution in [0.5, 0.6) is 0 Å². The molecule has 0 bridgehead atoms. The molecule has 2 aliphatic rings. The Morgan fingerprint density at radius 3 is 2.50 bits per heavy atom. The topological polar surface area (TPSA) is 15.3 Å². The molecule has 98 valence electrons. The molecule has 1 saturated carbocycles. The molecular weight excluding hydrogens is 220 g/mol. The first-order valence-electron chi connectivity index (χ1n) is 7.20. The van der Waals surface area contributed by atoms with Gasteiger partial charge >= 0.3 is 0 Å². The molecule has 1 N–H and O–H groups in total. The van der Waals surface area contributed by atoms with Gasteiger partial charge in [-0.25, -0.2) is 0 Å². The van der Waals surface area contributed by atoms with Gasteiger partial charge in [-0.3, -0.25) is 4.90 Å². The van der Waals surface area contributed by atoms with Crippen LogP contribution < -0.4 is 5.32 Å². The molecule has 18 heavy (non-hydrogen) atoms. The van der Waals surface area contributed by atoms with E-state index in [4.69, 9.17) is 0 Å². The number of nitrogens with one attached hydrogen (secondary N) is 1. The van der Waals surface area contributed by atoms with E-state index in [2.05, 4.69) is 42.3 Å². The highest BCUT2D eigenvalue weighted by atomic mass is 15.2. The van der Waals surface area contributed by atoms with E-state index in [-0.39, 0.29) is 0 Å². The molecule has 2 fully saturated rings. The fourth-order valence-corrected chi connectivity index (χ4v) is 3.37. The quantitative estimate of drug-likeness (QED) is 0.877. The molecule has 0 amide bonds. The highest BCUT2D eigenvalue weighted by molar-refractivity contribution is 5.40. The molecule has 0 aromatic heterocycles. The Morgan fingerprint density at radius 1 is 1.17 bits per heavy atom. The lowest BCUT2D eigenvalue weighted by atomic mass is 9.90. The lowest BCUT2D eigenvalue weighted by Gasteiger charge is -2.32. The second kappa shape index (κ2) is 4.67. The van der Waals surface area contributed by atoms with Crippen LogP contribution in [-0.2, 0) is 5.41 Å². The van der Waals surface area contributed by atoms with Crippen molar-refractivity contribution in [2.75, 3.05) is 32.7 Å². The molecule has 1 saturated heterocycles. The maximum atomic E-state index is 3.44. The molecule has 0 spiro atoms. The average molecular weight is 244 g/mol. The lowest BCUT2D eigenvalue weighted by molar-refractivity contribution is 0.220. The highest BCUT2D eigenvalue weighted by Gasteiger charge is 2.46. The number of hydrogen-bond acceptors (Lipinski definition) is 2. The van der Waals surface area contributed by atoms with Crippen molar-refractivity contribution in [2.45, 2.75) is 32.1 Å². The second-order valence-corrected chi connectivity index (χ2v) is 6.12. The van der Waals surface area contributed by atoms with Crippen LogP contribution in [0.3, 0.4) is 0 Å². The fourth-order valence-electron chi connectivity index (χ4n) is 3.37. The molecule has 1 aliphatic heterocycles. The van der Waals surface area contributed by atoms with Crippen molar-refractivity contribution < 1.29 is 0 Å². The van der Waals surface area contributed by atoms with E-state index in [9.17, 15) is 0 Å². The third-order valence-electron chi connectivity index (χ3n) is 4.54. The van der Waals surface area contributed by atoms with Crippen LogP contribution in [-0.4, -0.2) is 37.6 Å². The molecule has 2 nitrogen and oxygen atoms in total. The number of rotatable bonds is 3. The minimum atomic E-state index is 0.481. The summed E-state index contributed by atoms with van der Waals surface area (Å²) in [5, 5.41) is 3.44. The minimum absolute atomic E-state index is 0.481. The summed E-state index contributed by atoms with van der Waals surface area (Å²) in [7, 11) is 0. The number of piperazine rings is 1. The summed E-state index contributed by atoms with van der Waals surface area (Å²) in [6.45, 7) is 10.5. The predicted molar refractivity (Wildman–Crippen MR) is 76.1 cm³/mol. The Bertz CT molecular complexity index is 429. The number of aryl methyl sites for hydroxylation is 2. The summed E-state index contributed by atoms with van der Waals surface area (Å²) in [4.78, 5) is 2.64. The van der Waals surface area contributed by atoms with E-state index in [0.29, 0.717) is 5.41 Å². The monoisotopic (exact) mass is 244 g/mol. The van der Waals surface area contributed by atoms with Gasteiger partial charge in [0.25, 0.3) is 0 Å². The van der Waals surface area contributed by atoms with E-state index in [0.717, 1.165) is 13.1 Å². The van der Waals surface area contributed by atoms with Gasteiger partial charge in [0.2, 0.25) is 0 Å². The molecule has 0 radical (unpaired) electrons. The van der Waals surface area contributed by atoms with E-state index in [1.165, 1.54) is 43.6 Å². The standard InChI is InChI=1S/C16H24N2/c1-13-3-4-15(14(2)11-13)16(5-6-16)12-18-9-7-17-8-10-18/h3-4,11,17H,5-10,12H2,1-2H3. The zero-order valence-electron chi connectivity index (χ0n) is 11.6. The van der Waals surface area contributed by atoms with Crippen molar-refractivity contribution >= 4 is 0 Å². The number of hydrogen-bond donors (Lipinski definition) is 1. The predicted octanol–water partition coefficient (Wildman–Crippen LogP) is 2.24. The Kier molecular flexibility index (Phi) is 3.16. The van der Waals surface area contributed by atoms with Gasteiger partial charge in [0, 0.05) is 38.1 Å². The largest absolute Gasteiger partial charge is 0.314 e. The molecule has 1 aromatic carbocycles. The van der Waals surface area contributed by atoms with E-state index in [1.54, 1.807) is 5.56 Å². The Morgan fingerprint density at radius 2 is 1.89 bits per heavy atom. The second-order valence-electron chi connectivity index (χ2n) is 6.12. The van der Waals surface area contributed by atoms with Gasteiger partial charge in [-0.2, -0.15) is 0 Å². The third kappa shape index (κ3) is 2.32. The summed E-state index contributed by atoms with van der Waals surface area (Å²) >= 11 is 0. The van der Waals surface area contributed by atoms with Gasteiger partial charge in [0.15, 0.2) is 0 Å². The smallest absolute Gasteiger partial charge is 0.0108 e. The summed E-state index contributed by atoms with van der Waals surface area (Å²) in [6, 6.07) is 6.99. The number of benzene rings is 1. The summed E-state index contributed by atoms with van der Waals surface area (Å²) in [5.74, 6) is 0. The van der Waals surface area contributed by atoms with Crippen LogP contribution in [0, 0.1) is 13.8 Å². The molecule has 1 aromatic rings. The third-order valence-corrected chi connectivity index (χ3v) is 4.54. The van der Waals surface area contributed by atoms with Crippen molar-refractivity contribution in [3.8, 4) is 0 Å².